The van der Waals surface area contributed by atoms with Crippen LogP contribution in [0.15, 0.2) is 4.99 Å². The summed E-state index contributed by atoms with van der Waals surface area (Å²) in [6.07, 6.45) is 4.39. The first kappa shape index (κ1) is 16.6. The Hall–Kier alpha value is -0.420. The van der Waals surface area contributed by atoms with Gasteiger partial charge in [-0.2, -0.15) is 11.8 Å². The van der Waals surface area contributed by atoms with E-state index >= 15 is 0 Å². The van der Waals surface area contributed by atoms with Gasteiger partial charge in [-0.05, 0) is 25.0 Å². The summed E-state index contributed by atoms with van der Waals surface area (Å²) in [6, 6.07) is 0. The summed E-state index contributed by atoms with van der Waals surface area (Å²) in [6.45, 7) is 10.4. The second-order valence-electron chi connectivity index (χ2n) is 4.68. The van der Waals surface area contributed by atoms with Gasteiger partial charge in [0.05, 0.1) is 6.54 Å². The SMILES string of the molecule is CCC(CC)(CN=C(NN)NCC(C)C)SC. The smallest absolute Gasteiger partial charge is 0.205 e. The normalized spacial score (nSPS) is 13.0. The van der Waals surface area contributed by atoms with Crippen molar-refractivity contribution in [2.45, 2.75) is 45.3 Å². The molecule has 102 valence electrons. The summed E-state index contributed by atoms with van der Waals surface area (Å²) < 4.78 is 0.238. The van der Waals surface area contributed by atoms with Crippen LogP contribution >= 0.6 is 11.8 Å². The Morgan fingerprint density at radius 3 is 2.29 bits per heavy atom. The molecule has 0 aliphatic heterocycles. The summed E-state index contributed by atoms with van der Waals surface area (Å²) in [4.78, 5) is 4.55. The lowest BCUT2D eigenvalue weighted by Crippen LogP contribution is -2.44. The van der Waals surface area contributed by atoms with Gasteiger partial charge in [-0.15, -0.1) is 0 Å². The van der Waals surface area contributed by atoms with Crippen LogP contribution in [0.4, 0.5) is 0 Å². The van der Waals surface area contributed by atoms with Crippen LogP contribution in [-0.2, 0) is 0 Å². The molecule has 0 aromatic heterocycles. The Morgan fingerprint density at radius 1 is 1.35 bits per heavy atom. The molecule has 0 bridgehead atoms. The van der Waals surface area contributed by atoms with Crippen molar-refractivity contribution in [1.29, 1.82) is 0 Å². The molecule has 4 nitrogen and oxygen atoms in total. The first-order valence-corrected chi connectivity index (χ1v) is 7.56. The fourth-order valence-electron chi connectivity index (χ4n) is 1.50. The van der Waals surface area contributed by atoms with Crippen LogP contribution in [0.25, 0.3) is 0 Å². The van der Waals surface area contributed by atoms with Crippen LogP contribution in [0.1, 0.15) is 40.5 Å². The molecule has 0 radical (unpaired) electrons. The molecule has 0 aromatic carbocycles. The number of nitrogens with one attached hydrogen (secondary N) is 2. The third-order valence-corrected chi connectivity index (χ3v) is 4.63. The van der Waals surface area contributed by atoms with Crippen molar-refractivity contribution < 1.29 is 0 Å². The quantitative estimate of drug-likeness (QED) is 0.283. The molecule has 4 N–H and O–H groups in total. The molecule has 0 saturated heterocycles. The number of thioether (sulfide) groups is 1. The van der Waals surface area contributed by atoms with E-state index in [1.54, 1.807) is 0 Å². The average Bonchev–Trinajstić information content (AvgIpc) is 2.34. The molecule has 0 aliphatic carbocycles. The van der Waals surface area contributed by atoms with E-state index in [1.807, 2.05) is 11.8 Å². The van der Waals surface area contributed by atoms with Crippen molar-refractivity contribution in [3.8, 4) is 0 Å². The van der Waals surface area contributed by atoms with Crippen LogP contribution in [0.5, 0.6) is 0 Å². The number of nitrogens with two attached hydrogens (primary N) is 1. The molecule has 0 aromatic rings. The van der Waals surface area contributed by atoms with Crippen LogP contribution in [0.3, 0.4) is 0 Å². The molecule has 0 spiro atoms. The first-order chi connectivity index (χ1) is 8.03. The predicted molar refractivity (Wildman–Crippen MR) is 79.3 cm³/mol. The Balaban J connectivity index is 4.41. The third-order valence-electron chi connectivity index (χ3n) is 3.06. The molecule has 0 unspecified atom stereocenters. The second kappa shape index (κ2) is 8.64. The highest BCUT2D eigenvalue weighted by Gasteiger charge is 2.24. The van der Waals surface area contributed by atoms with Crippen molar-refractivity contribution >= 4 is 17.7 Å². The van der Waals surface area contributed by atoms with Crippen molar-refractivity contribution in [1.82, 2.24) is 10.7 Å². The Labute approximate surface area is 110 Å². The number of guanidine groups is 1. The number of hydrogen-bond acceptors (Lipinski definition) is 3. The number of aliphatic imine (C=N–C) groups is 1. The number of hydrazine groups is 1. The van der Waals surface area contributed by atoms with E-state index in [-0.39, 0.29) is 4.75 Å². The zero-order valence-electron chi connectivity index (χ0n) is 11.8. The summed E-state index contributed by atoms with van der Waals surface area (Å²) in [5.74, 6) is 6.74. The number of hydrogen-bond donors (Lipinski definition) is 3. The van der Waals surface area contributed by atoms with Crippen LogP contribution < -0.4 is 16.6 Å². The lowest BCUT2D eigenvalue weighted by Gasteiger charge is -2.27. The molecule has 0 aliphatic rings. The van der Waals surface area contributed by atoms with E-state index in [0.717, 1.165) is 25.9 Å². The number of rotatable bonds is 7. The molecule has 0 heterocycles. The molecule has 5 heteroatoms. The van der Waals surface area contributed by atoms with Crippen molar-refractivity contribution in [3.05, 3.63) is 0 Å². The maximum atomic E-state index is 5.46. The Morgan fingerprint density at radius 2 is 1.94 bits per heavy atom. The monoisotopic (exact) mass is 260 g/mol. The first-order valence-electron chi connectivity index (χ1n) is 6.33. The minimum atomic E-state index is 0.238. The largest absolute Gasteiger partial charge is 0.355 e. The van der Waals surface area contributed by atoms with Crippen molar-refractivity contribution in [2.75, 3.05) is 19.3 Å². The van der Waals surface area contributed by atoms with Gasteiger partial charge in [-0.1, -0.05) is 27.7 Å². The highest BCUT2D eigenvalue weighted by atomic mass is 32.2. The minimum Gasteiger partial charge on any atom is -0.355 e. The van der Waals surface area contributed by atoms with Crippen LogP contribution in [-0.4, -0.2) is 30.1 Å². The van der Waals surface area contributed by atoms with E-state index in [2.05, 4.69) is 49.7 Å². The van der Waals surface area contributed by atoms with Gasteiger partial charge in [-0.25, -0.2) is 5.84 Å². The molecular formula is C12H28N4S. The van der Waals surface area contributed by atoms with E-state index in [4.69, 9.17) is 5.84 Å². The lowest BCUT2D eigenvalue weighted by molar-refractivity contribution is 0.555. The molecular weight excluding hydrogens is 232 g/mol. The highest BCUT2D eigenvalue weighted by molar-refractivity contribution is 8.00. The van der Waals surface area contributed by atoms with Gasteiger partial charge < -0.3 is 5.32 Å². The van der Waals surface area contributed by atoms with Crippen molar-refractivity contribution in [3.63, 3.8) is 0 Å². The van der Waals surface area contributed by atoms with E-state index in [1.165, 1.54) is 0 Å². The van der Waals surface area contributed by atoms with E-state index in [9.17, 15) is 0 Å². The molecule has 0 rings (SSSR count). The summed E-state index contributed by atoms with van der Waals surface area (Å²) >= 11 is 1.89. The summed E-state index contributed by atoms with van der Waals surface area (Å²) in [5.41, 5.74) is 2.63. The Bertz CT molecular complexity index is 216. The maximum absolute atomic E-state index is 5.46. The van der Waals surface area contributed by atoms with Gasteiger partial charge in [-0.3, -0.25) is 10.4 Å². The molecule has 0 atom stereocenters. The van der Waals surface area contributed by atoms with E-state index in [0.29, 0.717) is 11.9 Å². The van der Waals surface area contributed by atoms with Gasteiger partial charge >= 0.3 is 0 Å². The van der Waals surface area contributed by atoms with Gasteiger partial charge in [0.15, 0.2) is 0 Å². The number of nitrogens with zero attached hydrogens (tertiary/aromatic N) is 1. The van der Waals surface area contributed by atoms with Gasteiger partial charge in [0.25, 0.3) is 0 Å². The zero-order valence-corrected chi connectivity index (χ0v) is 12.7. The minimum absolute atomic E-state index is 0.238. The van der Waals surface area contributed by atoms with Gasteiger partial charge in [0.1, 0.15) is 0 Å². The highest BCUT2D eigenvalue weighted by Crippen LogP contribution is 2.30. The fourth-order valence-corrected chi connectivity index (χ4v) is 2.27. The van der Waals surface area contributed by atoms with Crippen LogP contribution in [0, 0.1) is 5.92 Å². The molecule has 0 amide bonds. The van der Waals surface area contributed by atoms with Gasteiger partial charge in [0.2, 0.25) is 5.96 Å². The topological polar surface area (TPSA) is 62.4 Å². The second-order valence-corrected chi connectivity index (χ2v) is 5.95. The maximum Gasteiger partial charge on any atom is 0.205 e. The van der Waals surface area contributed by atoms with Crippen molar-refractivity contribution in [2.24, 2.45) is 16.8 Å². The fraction of sp³-hybridized carbons (Fsp3) is 0.917. The van der Waals surface area contributed by atoms with E-state index < -0.39 is 0 Å². The molecule has 17 heavy (non-hydrogen) atoms. The van der Waals surface area contributed by atoms with Crippen LogP contribution in [0.2, 0.25) is 0 Å². The lowest BCUT2D eigenvalue weighted by atomic mass is 10.0. The third kappa shape index (κ3) is 6.17. The predicted octanol–water partition coefficient (Wildman–Crippen LogP) is 1.97. The summed E-state index contributed by atoms with van der Waals surface area (Å²) in [7, 11) is 0. The average molecular weight is 260 g/mol. The van der Waals surface area contributed by atoms with Gasteiger partial charge in [0, 0.05) is 11.3 Å². The molecule has 0 saturated carbocycles. The summed E-state index contributed by atoms with van der Waals surface area (Å²) in [5, 5.41) is 3.22. The molecule has 0 fully saturated rings. The zero-order chi connectivity index (χ0) is 13.3. The Kier molecular flexibility index (Phi) is 8.43. The standard InChI is InChI=1S/C12H28N4S/c1-6-12(7-2,17-5)9-15-11(16-13)14-8-10(3)4/h10H,6-9,13H2,1-5H3,(H2,14,15,16).